The maximum atomic E-state index is 13.0. The van der Waals surface area contributed by atoms with E-state index in [-0.39, 0.29) is 49.8 Å². The zero-order valence-electron chi connectivity index (χ0n) is 19.5. The molecule has 0 aromatic heterocycles. The van der Waals surface area contributed by atoms with Gasteiger partial charge in [0.15, 0.2) is 5.60 Å². The van der Waals surface area contributed by atoms with Crippen LogP contribution in [0.25, 0.3) is 11.1 Å². The largest absolute Gasteiger partial charge is 0.479 e. The monoisotopic (exact) mass is 478 g/mol. The Kier molecular flexibility index (Phi) is 6.23. The lowest BCUT2D eigenvalue weighted by atomic mass is 9.94. The zero-order valence-corrected chi connectivity index (χ0v) is 19.5. The molecule has 8 nitrogen and oxygen atoms in total. The molecule has 1 saturated carbocycles. The summed E-state index contributed by atoms with van der Waals surface area (Å²) in [6.07, 6.45) is 1.88. The van der Waals surface area contributed by atoms with Crippen molar-refractivity contribution >= 4 is 18.0 Å². The average molecular weight is 479 g/mol. The van der Waals surface area contributed by atoms with Gasteiger partial charge in [0.1, 0.15) is 6.61 Å². The molecule has 0 bridgehead atoms. The van der Waals surface area contributed by atoms with Crippen LogP contribution in [-0.2, 0) is 14.3 Å². The minimum atomic E-state index is -1.87. The number of amides is 2. The van der Waals surface area contributed by atoms with Crippen LogP contribution in [0, 0.1) is 11.8 Å². The van der Waals surface area contributed by atoms with Crippen LogP contribution in [-0.4, -0.2) is 64.9 Å². The Hall–Kier alpha value is -3.39. The summed E-state index contributed by atoms with van der Waals surface area (Å²) in [4.78, 5) is 38.3. The van der Waals surface area contributed by atoms with E-state index in [1.165, 1.54) is 16.0 Å². The predicted octanol–water partition coefficient (Wildman–Crippen LogP) is 2.99. The van der Waals surface area contributed by atoms with E-state index in [4.69, 9.17) is 4.74 Å². The first-order valence-electron chi connectivity index (χ1n) is 12.2. The van der Waals surface area contributed by atoms with Crippen LogP contribution in [0.5, 0.6) is 0 Å². The highest BCUT2D eigenvalue weighted by molar-refractivity contribution is 5.84. The lowest BCUT2D eigenvalue weighted by Crippen LogP contribution is -2.45. The summed E-state index contributed by atoms with van der Waals surface area (Å²) < 4.78 is 5.60. The Labute approximate surface area is 203 Å². The van der Waals surface area contributed by atoms with Crippen molar-refractivity contribution in [3.8, 4) is 11.1 Å². The number of likely N-dealkylation sites (tertiary alicyclic amines) is 1. The van der Waals surface area contributed by atoms with Crippen LogP contribution >= 0.6 is 0 Å². The second-order valence-corrected chi connectivity index (χ2v) is 9.85. The molecule has 1 unspecified atom stereocenters. The van der Waals surface area contributed by atoms with Crippen LogP contribution in [0.1, 0.15) is 42.7 Å². The van der Waals surface area contributed by atoms with Crippen LogP contribution in [0.2, 0.25) is 0 Å². The molecule has 184 valence electrons. The van der Waals surface area contributed by atoms with E-state index in [1.54, 1.807) is 0 Å². The van der Waals surface area contributed by atoms with Gasteiger partial charge in [0.25, 0.3) is 0 Å². The quantitative estimate of drug-likeness (QED) is 0.588. The SMILES string of the molecule is O=C(NC[C@H]1CCC[C@H]1C(=O)N1CCC(O)(C(=O)O)C1)OCC1c2ccccc2-c2ccccc21. The van der Waals surface area contributed by atoms with Crippen LogP contribution < -0.4 is 5.32 Å². The van der Waals surface area contributed by atoms with Gasteiger partial charge in [0.05, 0.1) is 6.54 Å². The number of alkyl carbamates (subject to hydrolysis) is 1. The summed E-state index contributed by atoms with van der Waals surface area (Å²) in [7, 11) is 0. The van der Waals surface area contributed by atoms with Gasteiger partial charge in [-0.05, 0) is 41.0 Å². The van der Waals surface area contributed by atoms with Crippen molar-refractivity contribution in [1.29, 1.82) is 0 Å². The highest BCUT2D eigenvalue weighted by atomic mass is 16.5. The molecule has 35 heavy (non-hydrogen) atoms. The summed E-state index contributed by atoms with van der Waals surface area (Å²) in [6.45, 7) is 0.591. The number of carboxylic acid groups (broad SMARTS) is 1. The lowest BCUT2D eigenvalue weighted by molar-refractivity contribution is -0.157. The van der Waals surface area contributed by atoms with E-state index in [2.05, 4.69) is 29.6 Å². The Balaban J connectivity index is 1.15. The van der Waals surface area contributed by atoms with Gasteiger partial charge in [-0.15, -0.1) is 0 Å². The Morgan fingerprint density at radius 1 is 1.03 bits per heavy atom. The van der Waals surface area contributed by atoms with Gasteiger partial charge in [-0.1, -0.05) is 55.0 Å². The first kappa shape index (κ1) is 23.4. The fourth-order valence-electron chi connectivity index (χ4n) is 5.86. The van der Waals surface area contributed by atoms with Gasteiger partial charge < -0.3 is 25.2 Å². The minimum absolute atomic E-state index is 0.0166. The summed E-state index contributed by atoms with van der Waals surface area (Å²) in [5, 5.41) is 22.2. The van der Waals surface area contributed by atoms with Gasteiger partial charge in [-0.3, -0.25) is 4.79 Å². The van der Waals surface area contributed by atoms with E-state index < -0.39 is 17.7 Å². The van der Waals surface area contributed by atoms with Crippen LogP contribution in [0.15, 0.2) is 48.5 Å². The van der Waals surface area contributed by atoms with Gasteiger partial charge in [-0.25, -0.2) is 9.59 Å². The molecule has 3 N–H and O–H groups in total. The maximum Gasteiger partial charge on any atom is 0.407 e. The first-order chi connectivity index (χ1) is 16.9. The molecule has 3 aliphatic rings. The number of aliphatic carboxylic acids is 1. The first-order valence-corrected chi connectivity index (χ1v) is 12.2. The van der Waals surface area contributed by atoms with E-state index in [9.17, 15) is 24.6 Å². The van der Waals surface area contributed by atoms with Crippen molar-refractivity contribution in [2.24, 2.45) is 11.8 Å². The lowest BCUT2D eigenvalue weighted by Gasteiger charge is -2.26. The molecule has 3 atom stereocenters. The van der Waals surface area contributed by atoms with Crippen molar-refractivity contribution < 1.29 is 29.3 Å². The molecule has 2 aliphatic carbocycles. The Morgan fingerprint density at radius 2 is 1.69 bits per heavy atom. The smallest absolute Gasteiger partial charge is 0.407 e. The molecular formula is C27H30N2O6. The van der Waals surface area contributed by atoms with Gasteiger partial charge >= 0.3 is 12.1 Å². The minimum Gasteiger partial charge on any atom is -0.479 e. The molecule has 0 radical (unpaired) electrons. The number of aliphatic hydroxyl groups is 1. The van der Waals surface area contributed by atoms with Gasteiger partial charge in [-0.2, -0.15) is 0 Å². The fourth-order valence-corrected chi connectivity index (χ4v) is 5.86. The van der Waals surface area contributed by atoms with E-state index >= 15 is 0 Å². The number of nitrogens with zero attached hydrogens (tertiary/aromatic N) is 1. The third-order valence-corrected chi connectivity index (χ3v) is 7.79. The summed E-state index contributed by atoms with van der Waals surface area (Å²) in [6, 6.07) is 16.3. The molecule has 1 aliphatic heterocycles. The van der Waals surface area contributed by atoms with Crippen molar-refractivity contribution in [2.45, 2.75) is 37.2 Å². The standard InChI is InChI=1S/C27H30N2O6/c30-24(29-13-12-27(34,16-29)25(31)32)18-11-5-6-17(18)14-28-26(33)35-15-23-21-9-3-1-7-19(21)20-8-2-4-10-22(20)23/h1-4,7-10,17-18,23,34H,5-6,11-16H2,(H,28,33)(H,31,32)/t17-,18-,27?/m1/s1. The highest BCUT2D eigenvalue weighted by Gasteiger charge is 2.47. The molecule has 1 saturated heterocycles. The molecule has 2 aromatic rings. The number of benzene rings is 2. The third kappa shape index (κ3) is 4.38. The molecule has 5 rings (SSSR count). The Bertz CT molecular complexity index is 1100. The summed E-state index contributed by atoms with van der Waals surface area (Å²) in [5.74, 6) is -1.79. The van der Waals surface area contributed by atoms with E-state index in [0.29, 0.717) is 13.0 Å². The van der Waals surface area contributed by atoms with Gasteiger partial charge in [0.2, 0.25) is 5.91 Å². The van der Waals surface area contributed by atoms with E-state index in [0.717, 1.165) is 24.0 Å². The van der Waals surface area contributed by atoms with Crippen molar-refractivity contribution in [3.63, 3.8) is 0 Å². The second kappa shape index (κ2) is 9.34. The number of β-amino-alcohol motifs (C(OH)–C–C–N with tert-alkyl or cyclic N) is 1. The molecule has 1 heterocycles. The number of carbonyl (C=O) groups excluding carboxylic acids is 2. The predicted molar refractivity (Wildman–Crippen MR) is 128 cm³/mol. The molecule has 2 fully saturated rings. The highest BCUT2D eigenvalue weighted by Crippen LogP contribution is 2.44. The molecule has 2 aromatic carbocycles. The van der Waals surface area contributed by atoms with Crippen LogP contribution in [0.4, 0.5) is 4.79 Å². The van der Waals surface area contributed by atoms with Crippen LogP contribution in [0.3, 0.4) is 0 Å². The second-order valence-electron chi connectivity index (χ2n) is 9.85. The topological polar surface area (TPSA) is 116 Å². The normalized spacial score (nSPS) is 25.2. The zero-order chi connectivity index (χ0) is 24.6. The Morgan fingerprint density at radius 3 is 2.31 bits per heavy atom. The average Bonchev–Trinajstić information content (AvgIpc) is 3.57. The molecular weight excluding hydrogens is 448 g/mol. The third-order valence-electron chi connectivity index (χ3n) is 7.79. The number of hydrogen-bond acceptors (Lipinski definition) is 5. The summed E-state index contributed by atoms with van der Waals surface area (Å²) in [5.41, 5.74) is 2.76. The molecule has 8 heteroatoms. The van der Waals surface area contributed by atoms with Gasteiger partial charge in [0, 0.05) is 31.3 Å². The van der Waals surface area contributed by atoms with Crippen molar-refractivity contribution in [2.75, 3.05) is 26.2 Å². The van der Waals surface area contributed by atoms with Crippen molar-refractivity contribution in [3.05, 3.63) is 59.7 Å². The number of fused-ring (bicyclic) bond motifs is 3. The number of carbonyl (C=O) groups is 3. The fraction of sp³-hybridized carbons (Fsp3) is 0.444. The number of carboxylic acids is 1. The van der Waals surface area contributed by atoms with E-state index in [1.807, 2.05) is 24.3 Å². The number of hydrogen-bond donors (Lipinski definition) is 3. The number of rotatable bonds is 6. The molecule has 2 amide bonds. The van der Waals surface area contributed by atoms with Crippen molar-refractivity contribution in [1.82, 2.24) is 10.2 Å². The maximum absolute atomic E-state index is 13.0. The number of nitrogens with one attached hydrogen (secondary N) is 1. The number of ether oxygens (including phenoxy) is 1. The summed E-state index contributed by atoms with van der Waals surface area (Å²) >= 11 is 0. The molecule has 0 spiro atoms.